The predicted octanol–water partition coefficient (Wildman–Crippen LogP) is 7.69. The predicted molar refractivity (Wildman–Crippen MR) is 198 cm³/mol. The highest BCUT2D eigenvalue weighted by Gasteiger charge is 2.54. The molecule has 2 aliphatic carbocycles. The van der Waals surface area contributed by atoms with E-state index in [2.05, 4.69) is 45.3 Å². The molecule has 0 aromatic heterocycles. The third-order valence-corrected chi connectivity index (χ3v) is 17.6. The maximum Gasteiger partial charge on any atom is 0.264 e. The lowest BCUT2D eigenvalue weighted by Gasteiger charge is -2.54. The molecule has 2 aromatic rings. The summed E-state index contributed by atoms with van der Waals surface area (Å²) in [5.74, 6) is 3.15. The number of hydrogen-bond acceptors (Lipinski definition) is 8. The van der Waals surface area contributed by atoms with Crippen LogP contribution in [0.4, 0.5) is 5.69 Å². The van der Waals surface area contributed by atoms with Crippen LogP contribution in [0.15, 0.2) is 36.4 Å². The quantitative estimate of drug-likeness (QED) is 0.337. The van der Waals surface area contributed by atoms with Crippen molar-refractivity contribution in [2.24, 2.45) is 17.8 Å². The number of nitrogens with one attached hydrogen (secondary N) is 1. The van der Waals surface area contributed by atoms with Crippen molar-refractivity contribution in [3.05, 3.63) is 58.1 Å². The fourth-order valence-corrected chi connectivity index (χ4v) is 14.1. The standard InChI is InChI=1S/C37H49ClN2O5S3/c1-24-7-4-16-37(44-3,35-46-17-6-18-47-35)31-12-9-28(31)21-40-22-36(15-5-8-26-19-29(38)11-13-30(26)36)23-45-33-14-10-27(20-32(33)40)34(41)39-48(42,43)25(24)2/h10-11,13-14,19-20,24-25,28,31,35H,4-9,12,15-18,21-23H2,1-3H3,(H,39,41)/t24-,25+,28-,31+,36-,37+/m0/s1. The molecule has 3 heterocycles. The van der Waals surface area contributed by atoms with E-state index in [9.17, 15) is 13.2 Å². The van der Waals surface area contributed by atoms with Gasteiger partial charge in [-0.2, -0.15) is 0 Å². The molecule has 7 rings (SSSR count). The van der Waals surface area contributed by atoms with E-state index >= 15 is 0 Å². The monoisotopic (exact) mass is 732 g/mol. The molecule has 11 heteroatoms. The van der Waals surface area contributed by atoms with Crippen LogP contribution in [0.5, 0.6) is 5.75 Å². The van der Waals surface area contributed by atoms with Crippen LogP contribution < -0.4 is 14.4 Å². The van der Waals surface area contributed by atoms with Gasteiger partial charge in [-0.15, -0.1) is 23.5 Å². The molecule has 3 aliphatic heterocycles. The van der Waals surface area contributed by atoms with Gasteiger partial charge in [-0.3, -0.25) is 4.79 Å². The number of amides is 1. The summed E-state index contributed by atoms with van der Waals surface area (Å²) in [5, 5.41) is 0.0520. The first-order valence-corrected chi connectivity index (χ1v) is 21.7. The van der Waals surface area contributed by atoms with Gasteiger partial charge >= 0.3 is 0 Å². The molecular weight excluding hydrogens is 684 g/mol. The number of rotatable bonds is 2. The number of methoxy groups -OCH3 is 1. The normalized spacial score (nSPS) is 34.2. The third kappa shape index (κ3) is 6.39. The van der Waals surface area contributed by atoms with Crippen molar-refractivity contribution in [2.75, 3.05) is 43.2 Å². The van der Waals surface area contributed by atoms with Gasteiger partial charge in [0, 0.05) is 36.2 Å². The van der Waals surface area contributed by atoms with Gasteiger partial charge < -0.3 is 14.4 Å². The van der Waals surface area contributed by atoms with Crippen LogP contribution in [0, 0.1) is 17.8 Å². The Morgan fingerprint density at radius 2 is 1.83 bits per heavy atom. The molecule has 5 aliphatic rings. The second-order valence-corrected chi connectivity index (χ2v) is 20.1. The number of carbonyl (C=O) groups excluding carboxylic acids is 1. The van der Waals surface area contributed by atoms with Crippen LogP contribution in [0.2, 0.25) is 5.02 Å². The van der Waals surface area contributed by atoms with Gasteiger partial charge in [0.2, 0.25) is 10.0 Å². The van der Waals surface area contributed by atoms with Gasteiger partial charge in [0.1, 0.15) is 5.75 Å². The Balaban J connectivity index is 1.32. The first kappa shape index (κ1) is 34.8. The van der Waals surface area contributed by atoms with Crippen molar-refractivity contribution in [3.63, 3.8) is 0 Å². The molecule has 2 bridgehead atoms. The zero-order chi connectivity index (χ0) is 33.7. The van der Waals surface area contributed by atoms with Gasteiger partial charge in [0.25, 0.3) is 5.91 Å². The van der Waals surface area contributed by atoms with Gasteiger partial charge in [-0.1, -0.05) is 31.0 Å². The summed E-state index contributed by atoms with van der Waals surface area (Å²) < 4.78 is 43.3. The fraction of sp³-hybridized carbons (Fsp3) is 0.649. The molecule has 6 atom stereocenters. The van der Waals surface area contributed by atoms with Crippen molar-refractivity contribution in [3.8, 4) is 5.75 Å². The van der Waals surface area contributed by atoms with Gasteiger partial charge in [0.15, 0.2) is 0 Å². The molecule has 48 heavy (non-hydrogen) atoms. The Labute approximate surface area is 300 Å². The highest BCUT2D eigenvalue weighted by atomic mass is 35.5. The molecule has 1 amide bonds. The summed E-state index contributed by atoms with van der Waals surface area (Å²) in [6.45, 7) is 5.83. The van der Waals surface area contributed by atoms with Crippen molar-refractivity contribution in [1.82, 2.24) is 4.72 Å². The maximum absolute atomic E-state index is 13.6. The molecule has 1 saturated carbocycles. The van der Waals surface area contributed by atoms with E-state index in [4.69, 9.17) is 21.1 Å². The molecule has 1 saturated heterocycles. The second-order valence-electron chi connectivity index (χ2n) is 14.9. The lowest BCUT2D eigenvalue weighted by Crippen LogP contribution is -2.57. The van der Waals surface area contributed by atoms with Crippen LogP contribution in [0.1, 0.15) is 86.7 Å². The number of hydrogen-bond donors (Lipinski definition) is 1. The highest BCUT2D eigenvalue weighted by molar-refractivity contribution is 8.17. The third-order valence-electron chi connectivity index (χ3n) is 12.2. The first-order chi connectivity index (χ1) is 23.0. The number of aryl methyl sites for hydroxylation is 1. The number of carbonyl (C=O) groups is 1. The van der Waals surface area contributed by atoms with Gasteiger partial charge in [-0.05, 0) is 129 Å². The van der Waals surface area contributed by atoms with E-state index in [0.717, 1.165) is 92.4 Å². The summed E-state index contributed by atoms with van der Waals surface area (Å²) in [5.41, 5.74) is 3.26. The van der Waals surface area contributed by atoms with E-state index in [1.54, 1.807) is 13.0 Å². The van der Waals surface area contributed by atoms with E-state index in [-0.39, 0.29) is 16.9 Å². The summed E-state index contributed by atoms with van der Waals surface area (Å²) in [4.78, 5) is 16.0. The first-order valence-electron chi connectivity index (χ1n) is 17.7. The number of thioether (sulfide) groups is 2. The van der Waals surface area contributed by atoms with Gasteiger partial charge in [-0.25, -0.2) is 13.1 Å². The fourth-order valence-electron chi connectivity index (χ4n) is 9.09. The topological polar surface area (TPSA) is 84.9 Å². The summed E-state index contributed by atoms with van der Waals surface area (Å²) in [6, 6.07) is 11.7. The van der Waals surface area contributed by atoms with E-state index < -0.39 is 21.2 Å². The molecule has 2 fully saturated rings. The van der Waals surface area contributed by atoms with Crippen molar-refractivity contribution in [1.29, 1.82) is 0 Å². The molecule has 0 radical (unpaired) electrons. The Morgan fingerprint density at radius 3 is 2.58 bits per heavy atom. The SMILES string of the molecule is CO[C@]1(C2SCCCS2)CCC[C@H](C)[C@@H](C)S(=O)(=O)NC(=O)c2ccc3c(c2)N(C[C@@H]2CC[C@H]21)C[C@@]1(CCCc2cc(Cl)ccc21)CO3. The van der Waals surface area contributed by atoms with Crippen molar-refractivity contribution >= 4 is 56.7 Å². The Hall–Kier alpha value is -1.59. The van der Waals surface area contributed by atoms with E-state index in [0.29, 0.717) is 28.6 Å². The number of halogens is 1. The minimum Gasteiger partial charge on any atom is -0.490 e. The summed E-state index contributed by atoms with van der Waals surface area (Å²) >= 11 is 10.6. The molecule has 7 nitrogen and oxygen atoms in total. The van der Waals surface area contributed by atoms with Crippen LogP contribution >= 0.6 is 35.1 Å². The largest absolute Gasteiger partial charge is 0.490 e. The molecular formula is C37H49ClN2O5S3. The number of nitrogens with zero attached hydrogens (tertiary/aromatic N) is 1. The number of sulfonamides is 1. The van der Waals surface area contributed by atoms with E-state index in [1.807, 2.05) is 32.2 Å². The molecule has 262 valence electrons. The van der Waals surface area contributed by atoms with E-state index in [1.165, 1.54) is 17.5 Å². The Kier molecular flexibility index (Phi) is 10.1. The lowest BCUT2D eigenvalue weighted by atomic mass is 9.63. The second kappa shape index (κ2) is 13.9. The maximum atomic E-state index is 13.6. The zero-order valence-electron chi connectivity index (χ0n) is 28.3. The number of ether oxygens (including phenoxy) is 2. The molecule has 1 N–H and O–H groups in total. The molecule has 1 spiro atoms. The average Bonchev–Trinajstić information content (AvgIpc) is 3.22. The zero-order valence-corrected chi connectivity index (χ0v) is 31.5. The molecule has 0 unspecified atom stereocenters. The minimum absolute atomic E-state index is 0.109. The number of benzene rings is 2. The Morgan fingerprint density at radius 1 is 1.02 bits per heavy atom. The smallest absolute Gasteiger partial charge is 0.264 e. The number of fused-ring (bicyclic) bond motifs is 4. The van der Waals surface area contributed by atoms with Crippen LogP contribution in [-0.4, -0.2) is 68.1 Å². The average molecular weight is 733 g/mol. The highest BCUT2D eigenvalue weighted by Crippen LogP contribution is 2.55. The van der Waals surface area contributed by atoms with Crippen molar-refractivity contribution < 1.29 is 22.7 Å². The minimum atomic E-state index is -3.89. The number of anilines is 1. The van der Waals surface area contributed by atoms with Crippen molar-refractivity contribution in [2.45, 2.75) is 92.5 Å². The molecule has 2 aromatic carbocycles. The Bertz CT molecular complexity index is 1630. The van der Waals surface area contributed by atoms with Crippen LogP contribution in [-0.2, 0) is 26.6 Å². The lowest BCUT2D eigenvalue weighted by molar-refractivity contribution is -0.104. The summed E-state index contributed by atoms with van der Waals surface area (Å²) in [7, 11) is -1.98. The summed E-state index contributed by atoms with van der Waals surface area (Å²) in [6.07, 6.45) is 9.08. The van der Waals surface area contributed by atoms with Crippen LogP contribution in [0.25, 0.3) is 0 Å². The van der Waals surface area contributed by atoms with Crippen LogP contribution in [0.3, 0.4) is 0 Å². The van der Waals surface area contributed by atoms with Gasteiger partial charge in [0.05, 0.1) is 27.7 Å².